The zero-order valence-electron chi connectivity index (χ0n) is 23.2. The molecule has 1 saturated heterocycles. The summed E-state index contributed by atoms with van der Waals surface area (Å²) in [6.07, 6.45) is -0.0259. The highest BCUT2D eigenvalue weighted by Crippen LogP contribution is 2.46. The number of alkyl halides is 3. The van der Waals surface area contributed by atoms with Crippen molar-refractivity contribution < 1.29 is 27.2 Å². The van der Waals surface area contributed by atoms with E-state index in [4.69, 9.17) is 18.8 Å². The van der Waals surface area contributed by atoms with E-state index in [-0.39, 0.29) is 34.5 Å². The van der Waals surface area contributed by atoms with Crippen molar-refractivity contribution in [2.45, 2.75) is 50.4 Å². The number of thiocarbonyl (C=S) groups is 1. The average molecular weight is 620 g/mol. The van der Waals surface area contributed by atoms with E-state index in [0.717, 1.165) is 34.4 Å². The number of H-pyrrole nitrogens is 1. The van der Waals surface area contributed by atoms with Crippen LogP contribution in [0.1, 0.15) is 53.6 Å². The number of anilines is 2. The van der Waals surface area contributed by atoms with E-state index >= 15 is 4.39 Å². The predicted molar refractivity (Wildman–Crippen MR) is 162 cm³/mol. The monoisotopic (exact) mass is 619 g/mol. The summed E-state index contributed by atoms with van der Waals surface area (Å²) in [5, 5.41) is 3.53. The first-order valence-electron chi connectivity index (χ1n) is 13.9. The molecular weight excluding hydrogens is 594 g/mol. The summed E-state index contributed by atoms with van der Waals surface area (Å²) in [7, 11) is 0. The normalized spacial score (nSPS) is 16.5. The molecule has 0 bridgehead atoms. The maximum atomic E-state index is 15.5. The van der Waals surface area contributed by atoms with E-state index in [2.05, 4.69) is 15.1 Å². The molecule has 1 aromatic heterocycles. The number of carbonyl (C=O) groups excluding carboxylic acids is 2. The molecule has 7 nitrogen and oxygen atoms in total. The van der Waals surface area contributed by atoms with Gasteiger partial charge in [-0.1, -0.05) is 31.4 Å². The van der Waals surface area contributed by atoms with Crippen LogP contribution in [0.3, 0.4) is 0 Å². The zero-order valence-corrected chi connectivity index (χ0v) is 24.0. The van der Waals surface area contributed by atoms with Crippen molar-refractivity contribution in [1.29, 1.82) is 0 Å². The van der Waals surface area contributed by atoms with Gasteiger partial charge in [0.15, 0.2) is 10.8 Å². The number of nitrogens with zero attached hydrogens (tertiary/aromatic N) is 3. The van der Waals surface area contributed by atoms with E-state index in [1.807, 2.05) is 6.07 Å². The quantitative estimate of drug-likeness (QED) is 0.137. The molecule has 2 heterocycles. The van der Waals surface area contributed by atoms with Crippen LogP contribution in [0.5, 0.6) is 0 Å². The molecule has 0 atom stereocenters. The molecule has 1 aliphatic heterocycles. The van der Waals surface area contributed by atoms with Gasteiger partial charge in [0, 0.05) is 46.1 Å². The van der Waals surface area contributed by atoms with E-state index in [1.165, 1.54) is 18.2 Å². The highest BCUT2D eigenvalue weighted by molar-refractivity contribution is 7.81. The Morgan fingerprint density at radius 1 is 1.02 bits per heavy atom. The largest absolute Gasteiger partial charge is 0.407 e. The SMILES string of the molecule is [C-]#[N+]c1ccc(N2C(=O)C3(CCCCC3)N(c3ccc(CNC(=O)c4ccc5[nH]ccc5c4)c(F)c3)C2=S)cc1C(F)(F)F. The van der Waals surface area contributed by atoms with Crippen LogP contribution in [0.2, 0.25) is 0 Å². The molecule has 1 spiro atoms. The van der Waals surface area contributed by atoms with Gasteiger partial charge in [-0.3, -0.25) is 14.5 Å². The fourth-order valence-corrected chi connectivity index (χ4v) is 6.58. The minimum atomic E-state index is -4.81. The predicted octanol–water partition coefficient (Wildman–Crippen LogP) is 7.65. The van der Waals surface area contributed by atoms with Crippen molar-refractivity contribution in [1.82, 2.24) is 10.3 Å². The fourth-order valence-electron chi connectivity index (χ4n) is 6.11. The van der Waals surface area contributed by atoms with Crippen LogP contribution in [0.15, 0.2) is 66.9 Å². The highest BCUT2D eigenvalue weighted by Gasteiger charge is 2.56. The number of amides is 2. The van der Waals surface area contributed by atoms with Crippen molar-refractivity contribution >= 4 is 57.1 Å². The van der Waals surface area contributed by atoms with Gasteiger partial charge in [0.25, 0.3) is 11.8 Å². The van der Waals surface area contributed by atoms with Crippen molar-refractivity contribution in [3.63, 3.8) is 0 Å². The molecule has 2 fully saturated rings. The molecular formula is C32H25F4N5O2S. The van der Waals surface area contributed by atoms with Gasteiger partial charge in [-0.2, -0.15) is 13.2 Å². The first-order valence-corrected chi connectivity index (χ1v) is 14.4. The fraction of sp³-hybridized carbons (Fsp3) is 0.250. The van der Waals surface area contributed by atoms with Gasteiger partial charge in [-0.05, 0) is 73.6 Å². The molecule has 1 aliphatic carbocycles. The van der Waals surface area contributed by atoms with Crippen LogP contribution in [0.4, 0.5) is 34.6 Å². The average Bonchev–Trinajstić information content (AvgIpc) is 3.56. The third-order valence-corrected chi connectivity index (χ3v) is 8.67. The van der Waals surface area contributed by atoms with E-state index < -0.39 is 34.7 Å². The number of aromatic amines is 1. The van der Waals surface area contributed by atoms with Gasteiger partial charge in [-0.15, -0.1) is 0 Å². The second kappa shape index (κ2) is 11.1. The number of hydrogen-bond donors (Lipinski definition) is 2. The lowest BCUT2D eigenvalue weighted by atomic mass is 9.80. The van der Waals surface area contributed by atoms with E-state index in [0.29, 0.717) is 31.2 Å². The second-order valence-electron chi connectivity index (χ2n) is 10.9. The molecule has 2 aliphatic rings. The standard InChI is InChI=1S/C32H25F4N5O2S/c1-37-27-10-8-22(16-24(27)32(34,35)36)40-29(43)31(12-3-2-4-13-31)41(30(40)44)23-7-5-21(25(33)17-23)18-39-28(42)20-6-9-26-19(15-20)11-14-38-26/h5-11,14-17,38H,2-4,12-13,18H2,(H,39,42). The Morgan fingerprint density at radius 3 is 2.48 bits per heavy atom. The Morgan fingerprint density at radius 2 is 1.77 bits per heavy atom. The maximum absolute atomic E-state index is 15.5. The smallest absolute Gasteiger partial charge is 0.361 e. The minimum Gasteiger partial charge on any atom is -0.361 e. The van der Waals surface area contributed by atoms with Crippen LogP contribution >= 0.6 is 12.2 Å². The maximum Gasteiger partial charge on any atom is 0.407 e. The minimum absolute atomic E-state index is 0.0683. The number of benzene rings is 3. The number of rotatable bonds is 5. The lowest BCUT2D eigenvalue weighted by molar-refractivity contribution is -0.136. The number of nitrogens with one attached hydrogen (secondary N) is 2. The van der Waals surface area contributed by atoms with Gasteiger partial charge in [0.05, 0.1) is 12.1 Å². The van der Waals surface area contributed by atoms with E-state index in [1.54, 1.807) is 35.4 Å². The number of fused-ring (bicyclic) bond motifs is 1. The molecule has 44 heavy (non-hydrogen) atoms. The highest BCUT2D eigenvalue weighted by atomic mass is 32.1. The summed E-state index contributed by atoms with van der Waals surface area (Å²) < 4.78 is 56.8. The lowest BCUT2D eigenvalue weighted by Crippen LogP contribution is -2.51. The molecule has 2 N–H and O–H groups in total. The Bertz CT molecular complexity index is 1860. The molecule has 3 aromatic carbocycles. The zero-order chi connectivity index (χ0) is 31.2. The Hall–Kier alpha value is -4.76. The van der Waals surface area contributed by atoms with Gasteiger partial charge in [0.1, 0.15) is 11.4 Å². The summed E-state index contributed by atoms with van der Waals surface area (Å²) in [5.41, 5.74) is -1.24. The molecule has 224 valence electrons. The number of hydrogen-bond acceptors (Lipinski definition) is 3. The van der Waals surface area contributed by atoms with E-state index in [9.17, 15) is 22.8 Å². The van der Waals surface area contributed by atoms with Gasteiger partial charge >= 0.3 is 6.18 Å². The molecule has 4 aromatic rings. The van der Waals surface area contributed by atoms with Crippen molar-refractivity contribution in [3.05, 3.63) is 101 Å². The topological polar surface area (TPSA) is 72.8 Å². The molecule has 6 rings (SSSR count). The van der Waals surface area contributed by atoms with Crippen molar-refractivity contribution in [2.75, 3.05) is 9.80 Å². The summed E-state index contributed by atoms with van der Waals surface area (Å²) >= 11 is 5.70. The molecule has 0 unspecified atom stereocenters. The van der Waals surface area contributed by atoms with Gasteiger partial charge in [0.2, 0.25) is 0 Å². The summed E-state index contributed by atoms with van der Waals surface area (Å²) in [5.74, 6) is -1.49. The van der Waals surface area contributed by atoms with Crippen LogP contribution < -0.4 is 15.1 Å². The van der Waals surface area contributed by atoms with Crippen LogP contribution in [0.25, 0.3) is 15.7 Å². The van der Waals surface area contributed by atoms with Crippen molar-refractivity contribution in [2.24, 2.45) is 0 Å². The van der Waals surface area contributed by atoms with Gasteiger partial charge < -0.3 is 15.2 Å². The van der Waals surface area contributed by atoms with Gasteiger partial charge in [-0.25, -0.2) is 9.24 Å². The first-order chi connectivity index (χ1) is 21.0. The molecule has 2 amide bonds. The summed E-state index contributed by atoms with van der Waals surface area (Å²) in [6, 6.07) is 14.4. The lowest BCUT2D eigenvalue weighted by Gasteiger charge is -2.39. The number of halogens is 4. The Balaban J connectivity index is 1.29. The Kier molecular flexibility index (Phi) is 7.37. The first kappa shape index (κ1) is 29.3. The Labute approximate surface area is 255 Å². The molecule has 1 saturated carbocycles. The third-order valence-electron chi connectivity index (χ3n) is 8.31. The van der Waals surface area contributed by atoms with Crippen LogP contribution in [-0.4, -0.2) is 27.4 Å². The van der Waals surface area contributed by atoms with Crippen LogP contribution in [0, 0.1) is 12.4 Å². The summed E-state index contributed by atoms with van der Waals surface area (Å²) in [4.78, 5) is 35.4. The van der Waals surface area contributed by atoms with Crippen LogP contribution in [-0.2, 0) is 17.5 Å². The number of aromatic nitrogens is 1. The second-order valence-corrected chi connectivity index (χ2v) is 11.3. The van der Waals surface area contributed by atoms with Crippen molar-refractivity contribution in [3.8, 4) is 0 Å². The molecule has 0 radical (unpaired) electrons. The summed E-state index contributed by atoms with van der Waals surface area (Å²) in [6.45, 7) is 7.04. The molecule has 12 heteroatoms. The number of carbonyl (C=O) groups is 2. The third kappa shape index (κ3) is 4.97.